The fourth-order valence-corrected chi connectivity index (χ4v) is 2.80. The Kier molecular flexibility index (Phi) is 4.86. The van der Waals surface area contributed by atoms with E-state index in [9.17, 15) is 0 Å². The second-order valence-corrected chi connectivity index (χ2v) is 7.21. The summed E-state index contributed by atoms with van der Waals surface area (Å²) in [5.74, 6) is 1.17. The van der Waals surface area contributed by atoms with Gasteiger partial charge in [-0.25, -0.2) is 4.98 Å². The number of aromatic nitrogens is 2. The van der Waals surface area contributed by atoms with Crippen molar-refractivity contribution in [1.29, 1.82) is 0 Å². The molecule has 4 heteroatoms. The van der Waals surface area contributed by atoms with Crippen LogP contribution in [-0.2, 0) is 18.2 Å². The lowest BCUT2D eigenvalue weighted by Gasteiger charge is -2.39. The molecule has 0 saturated carbocycles. The van der Waals surface area contributed by atoms with E-state index in [0.29, 0.717) is 0 Å². The van der Waals surface area contributed by atoms with E-state index in [0.717, 1.165) is 32.6 Å². The van der Waals surface area contributed by atoms with Crippen LogP contribution in [-0.4, -0.2) is 34.8 Å². The van der Waals surface area contributed by atoms with Crippen LogP contribution in [0.15, 0.2) is 12.4 Å². The monoisotopic (exact) mass is 279 g/mol. The van der Waals surface area contributed by atoms with Gasteiger partial charge in [0.15, 0.2) is 0 Å². The molecule has 114 valence electrons. The topological polar surface area (TPSA) is 39.1 Å². The molecule has 1 saturated heterocycles. The summed E-state index contributed by atoms with van der Waals surface area (Å²) < 4.78 is 7.90. The summed E-state index contributed by atoms with van der Waals surface area (Å²) >= 11 is 0. The van der Waals surface area contributed by atoms with Crippen LogP contribution in [0.2, 0.25) is 0 Å². The summed E-state index contributed by atoms with van der Waals surface area (Å²) in [6.07, 6.45) is 8.49. The molecule has 0 bridgehead atoms. The largest absolute Gasteiger partial charge is 0.381 e. The van der Waals surface area contributed by atoms with E-state index in [2.05, 4.69) is 42.7 Å². The predicted octanol–water partition coefficient (Wildman–Crippen LogP) is 2.54. The van der Waals surface area contributed by atoms with Crippen LogP contribution in [0.5, 0.6) is 0 Å². The van der Waals surface area contributed by atoms with Gasteiger partial charge >= 0.3 is 0 Å². The zero-order chi connectivity index (χ0) is 14.6. The Bertz CT molecular complexity index is 414. The van der Waals surface area contributed by atoms with Crippen molar-refractivity contribution in [2.24, 2.45) is 12.5 Å². The maximum atomic E-state index is 5.78. The second kappa shape index (κ2) is 6.27. The molecule has 1 aliphatic heterocycles. The Morgan fingerprint density at radius 3 is 2.80 bits per heavy atom. The summed E-state index contributed by atoms with van der Waals surface area (Å²) in [5, 5.41) is 3.67. The van der Waals surface area contributed by atoms with Gasteiger partial charge in [0.25, 0.3) is 0 Å². The third-order valence-corrected chi connectivity index (χ3v) is 4.20. The second-order valence-electron chi connectivity index (χ2n) is 7.21. The van der Waals surface area contributed by atoms with Gasteiger partial charge in [0.1, 0.15) is 5.82 Å². The Morgan fingerprint density at radius 2 is 2.25 bits per heavy atom. The van der Waals surface area contributed by atoms with Crippen LogP contribution in [0.25, 0.3) is 0 Å². The summed E-state index contributed by atoms with van der Waals surface area (Å²) in [5.41, 5.74) is 0.422. The number of imidazole rings is 1. The minimum Gasteiger partial charge on any atom is -0.381 e. The molecule has 0 aliphatic carbocycles. The highest BCUT2D eigenvalue weighted by atomic mass is 16.5. The van der Waals surface area contributed by atoms with Crippen molar-refractivity contribution in [2.45, 2.75) is 52.0 Å². The zero-order valence-electron chi connectivity index (χ0n) is 13.4. The van der Waals surface area contributed by atoms with Crippen LogP contribution in [0.3, 0.4) is 0 Å². The lowest BCUT2D eigenvalue weighted by molar-refractivity contribution is -0.0149. The first-order valence-electron chi connectivity index (χ1n) is 7.69. The van der Waals surface area contributed by atoms with E-state index in [1.165, 1.54) is 18.7 Å². The van der Waals surface area contributed by atoms with Gasteiger partial charge in [0.05, 0.1) is 6.61 Å². The molecule has 1 aromatic rings. The number of ether oxygens (including phenoxy) is 1. The molecule has 2 heterocycles. The molecule has 20 heavy (non-hydrogen) atoms. The zero-order valence-corrected chi connectivity index (χ0v) is 13.4. The highest BCUT2D eigenvalue weighted by Gasteiger charge is 2.33. The van der Waals surface area contributed by atoms with Crippen LogP contribution in [0, 0.1) is 5.41 Å². The van der Waals surface area contributed by atoms with Crippen molar-refractivity contribution >= 4 is 0 Å². The smallest absolute Gasteiger partial charge is 0.108 e. The molecule has 0 amide bonds. The number of rotatable bonds is 5. The van der Waals surface area contributed by atoms with Crippen LogP contribution < -0.4 is 5.32 Å². The average molecular weight is 279 g/mol. The van der Waals surface area contributed by atoms with E-state index in [1.54, 1.807) is 0 Å². The molecule has 0 spiro atoms. The van der Waals surface area contributed by atoms with E-state index in [-0.39, 0.29) is 11.0 Å². The van der Waals surface area contributed by atoms with Gasteiger partial charge in [-0.1, -0.05) is 0 Å². The lowest BCUT2D eigenvalue weighted by Crippen LogP contribution is -2.47. The molecule has 2 rings (SSSR count). The van der Waals surface area contributed by atoms with Gasteiger partial charge in [0.2, 0.25) is 0 Å². The molecule has 1 N–H and O–H groups in total. The average Bonchev–Trinajstić information content (AvgIpc) is 2.80. The van der Waals surface area contributed by atoms with Crippen molar-refractivity contribution in [2.75, 3.05) is 19.8 Å². The minimum absolute atomic E-state index is 0.160. The standard InChI is InChI=1S/C16H29N3O/c1-15(2,3)18-12-16(7-5-11-20-13-16)8-6-14-17-9-10-19(14)4/h9-10,18H,5-8,11-13H2,1-4H3. The normalized spacial score (nSPS) is 24.0. The van der Waals surface area contributed by atoms with Crippen molar-refractivity contribution in [3.05, 3.63) is 18.2 Å². The van der Waals surface area contributed by atoms with Gasteiger partial charge in [0, 0.05) is 50.0 Å². The van der Waals surface area contributed by atoms with Crippen LogP contribution >= 0.6 is 0 Å². The Morgan fingerprint density at radius 1 is 1.45 bits per heavy atom. The summed E-state index contributed by atoms with van der Waals surface area (Å²) in [6, 6.07) is 0. The highest BCUT2D eigenvalue weighted by Crippen LogP contribution is 2.33. The summed E-state index contributed by atoms with van der Waals surface area (Å²) in [4.78, 5) is 4.44. The van der Waals surface area contributed by atoms with E-state index in [4.69, 9.17) is 4.74 Å². The number of hydrogen-bond acceptors (Lipinski definition) is 3. The maximum absolute atomic E-state index is 5.78. The van der Waals surface area contributed by atoms with Crippen molar-refractivity contribution in [3.63, 3.8) is 0 Å². The van der Waals surface area contributed by atoms with Gasteiger partial charge in [-0.05, 0) is 40.0 Å². The fourth-order valence-electron chi connectivity index (χ4n) is 2.80. The van der Waals surface area contributed by atoms with Crippen molar-refractivity contribution in [1.82, 2.24) is 14.9 Å². The van der Waals surface area contributed by atoms with Gasteiger partial charge in [-0.15, -0.1) is 0 Å². The Labute approximate surface area is 122 Å². The van der Waals surface area contributed by atoms with Crippen molar-refractivity contribution in [3.8, 4) is 0 Å². The molecule has 1 unspecified atom stereocenters. The number of aryl methyl sites for hydroxylation is 2. The van der Waals surface area contributed by atoms with E-state index in [1.807, 2.05) is 12.4 Å². The van der Waals surface area contributed by atoms with Crippen LogP contribution in [0.1, 0.15) is 45.9 Å². The number of hydrogen-bond donors (Lipinski definition) is 1. The van der Waals surface area contributed by atoms with Crippen molar-refractivity contribution < 1.29 is 4.74 Å². The SMILES string of the molecule is Cn1ccnc1CCC1(CNC(C)(C)C)CCCOC1. The first-order valence-corrected chi connectivity index (χ1v) is 7.69. The number of nitrogens with zero attached hydrogens (tertiary/aromatic N) is 2. The minimum atomic E-state index is 0.160. The Balaban J connectivity index is 1.97. The predicted molar refractivity (Wildman–Crippen MR) is 81.8 cm³/mol. The van der Waals surface area contributed by atoms with Gasteiger partial charge < -0.3 is 14.6 Å². The quantitative estimate of drug-likeness (QED) is 0.900. The fraction of sp³-hybridized carbons (Fsp3) is 0.812. The molecular formula is C16H29N3O. The number of nitrogens with one attached hydrogen (secondary N) is 1. The molecular weight excluding hydrogens is 250 g/mol. The molecule has 0 aromatic carbocycles. The molecule has 1 aliphatic rings. The first kappa shape index (κ1) is 15.5. The molecule has 4 nitrogen and oxygen atoms in total. The summed E-state index contributed by atoms with van der Waals surface area (Å²) in [7, 11) is 2.07. The van der Waals surface area contributed by atoms with Gasteiger partial charge in [-0.3, -0.25) is 0 Å². The highest BCUT2D eigenvalue weighted by molar-refractivity contribution is 4.95. The lowest BCUT2D eigenvalue weighted by atomic mass is 9.77. The van der Waals surface area contributed by atoms with Crippen LogP contribution in [0.4, 0.5) is 0 Å². The molecule has 1 aromatic heterocycles. The molecule has 0 radical (unpaired) electrons. The maximum Gasteiger partial charge on any atom is 0.108 e. The van der Waals surface area contributed by atoms with E-state index >= 15 is 0 Å². The third-order valence-electron chi connectivity index (χ3n) is 4.20. The summed E-state index contributed by atoms with van der Waals surface area (Å²) in [6.45, 7) is 9.50. The van der Waals surface area contributed by atoms with Gasteiger partial charge in [-0.2, -0.15) is 0 Å². The Hall–Kier alpha value is -0.870. The van der Waals surface area contributed by atoms with E-state index < -0.39 is 0 Å². The molecule has 1 fully saturated rings. The first-order chi connectivity index (χ1) is 9.40. The molecule has 1 atom stereocenters. The third kappa shape index (κ3) is 4.32.